The third-order valence-corrected chi connectivity index (χ3v) is 9.54. The van der Waals surface area contributed by atoms with E-state index in [1.54, 1.807) is 22.3 Å². The van der Waals surface area contributed by atoms with Crippen LogP contribution in [0, 0.1) is 22.2 Å². The molecule has 1 heteroatoms. The van der Waals surface area contributed by atoms with Gasteiger partial charge in [-0.2, -0.15) is 0 Å². The van der Waals surface area contributed by atoms with Crippen molar-refractivity contribution in [2.45, 2.75) is 119 Å². The average molecular weight is 518 g/mol. The average Bonchev–Trinajstić information content (AvgIpc) is 3.29. The Morgan fingerprint density at radius 3 is 1.47 bits per heavy atom. The van der Waals surface area contributed by atoms with Crippen LogP contribution in [0.15, 0.2) is 48.5 Å². The molecule has 0 saturated carbocycles. The highest BCUT2D eigenvalue weighted by atomic mass is 15.1. The summed E-state index contributed by atoms with van der Waals surface area (Å²) in [6.07, 6.45) is 9.39. The molecular formula is C37H59N. The molecule has 2 aromatic rings. The van der Waals surface area contributed by atoms with Gasteiger partial charge in [-0.1, -0.05) is 111 Å². The molecule has 2 aliphatic carbocycles. The lowest BCUT2D eigenvalue weighted by Gasteiger charge is -2.37. The standard InChI is InChI=1S/C14H20.C13H18.C10H21N/c1-14(2,3)13-10-6-8-11-7-4-5-9-12(11)13;1-13(2,3)12-9-8-10-6-4-5-7-11(10)12;1-10(2,3)9-5-7-11(4)8-6-9/h4-5,7,9,13H,6,8,10H2,1-3H3;4-7,12H,8-9H2,1-3H3;9H,5-8H2,1-4H3. The summed E-state index contributed by atoms with van der Waals surface area (Å²) in [7, 11) is 2.22. The Kier molecular flexibility index (Phi) is 10.4. The van der Waals surface area contributed by atoms with E-state index in [2.05, 4.69) is 123 Å². The Labute approximate surface area is 236 Å². The van der Waals surface area contributed by atoms with Crippen LogP contribution in [0.25, 0.3) is 0 Å². The highest BCUT2D eigenvalue weighted by molar-refractivity contribution is 5.36. The lowest BCUT2D eigenvalue weighted by atomic mass is 9.69. The Morgan fingerprint density at radius 2 is 1.00 bits per heavy atom. The van der Waals surface area contributed by atoms with Crippen molar-refractivity contribution in [3.8, 4) is 0 Å². The van der Waals surface area contributed by atoms with Gasteiger partial charge in [0.05, 0.1) is 0 Å². The van der Waals surface area contributed by atoms with E-state index < -0.39 is 0 Å². The normalized spacial score (nSPS) is 22.4. The first-order chi connectivity index (χ1) is 17.7. The fourth-order valence-electron chi connectivity index (χ4n) is 6.98. The van der Waals surface area contributed by atoms with Crippen molar-refractivity contribution in [1.29, 1.82) is 0 Å². The maximum atomic E-state index is 2.43. The van der Waals surface area contributed by atoms with Crippen molar-refractivity contribution in [2.24, 2.45) is 22.2 Å². The molecule has 5 rings (SSSR count). The van der Waals surface area contributed by atoms with Crippen LogP contribution in [-0.2, 0) is 12.8 Å². The smallest absolute Gasteiger partial charge is 0.00189 e. The molecule has 212 valence electrons. The highest BCUT2D eigenvalue weighted by Crippen LogP contribution is 2.45. The van der Waals surface area contributed by atoms with Crippen molar-refractivity contribution in [2.75, 3.05) is 20.1 Å². The van der Waals surface area contributed by atoms with Crippen LogP contribution >= 0.6 is 0 Å². The zero-order valence-corrected chi connectivity index (χ0v) is 26.7. The van der Waals surface area contributed by atoms with Gasteiger partial charge < -0.3 is 4.90 Å². The molecule has 38 heavy (non-hydrogen) atoms. The minimum Gasteiger partial charge on any atom is -0.306 e. The van der Waals surface area contributed by atoms with Gasteiger partial charge in [-0.3, -0.25) is 0 Å². The summed E-state index contributed by atoms with van der Waals surface area (Å²) in [5.41, 5.74) is 7.71. The van der Waals surface area contributed by atoms with Crippen LogP contribution in [0.2, 0.25) is 0 Å². The van der Waals surface area contributed by atoms with Crippen LogP contribution in [0.5, 0.6) is 0 Å². The fraction of sp³-hybridized carbons (Fsp3) is 0.676. The summed E-state index contributed by atoms with van der Waals surface area (Å²) in [4.78, 5) is 2.43. The van der Waals surface area contributed by atoms with Crippen molar-refractivity contribution in [1.82, 2.24) is 4.90 Å². The number of hydrogen-bond donors (Lipinski definition) is 0. The minimum atomic E-state index is 0.413. The number of piperidine rings is 1. The molecular weight excluding hydrogens is 458 g/mol. The van der Waals surface area contributed by atoms with Gasteiger partial charge >= 0.3 is 0 Å². The summed E-state index contributed by atoms with van der Waals surface area (Å²) in [5.74, 6) is 2.47. The fourth-order valence-corrected chi connectivity index (χ4v) is 6.98. The number of aryl methyl sites for hydroxylation is 2. The lowest BCUT2D eigenvalue weighted by molar-refractivity contribution is 0.129. The molecule has 1 nitrogen and oxygen atoms in total. The van der Waals surface area contributed by atoms with Crippen LogP contribution in [0.1, 0.15) is 129 Å². The molecule has 2 atom stereocenters. The van der Waals surface area contributed by atoms with Gasteiger partial charge in [-0.25, -0.2) is 0 Å². The molecule has 3 aliphatic rings. The zero-order valence-electron chi connectivity index (χ0n) is 26.7. The van der Waals surface area contributed by atoms with E-state index in [9.17, 15) is 0 Å². The van der Waals surface area contributed by atoms with E-state index in [4.69, 9.17) is 0 Å². The Morgan fingerprint density at radius 1 is 0.553 bits per heavy atom. The summed E-state index contributed by atoms with van der Waals surface area (Å²) >= 11 is 0. The molecule has 0 radical (unpaired) electrons. The van der Waals surface area contributed by atoms with Crippen LogP contribution in [0.4, 0.5) is 0 Å². The third kappa shape index (κ3) is 8.45. The number of nitrogens with zero attached hydrogens (tertiary/aromatic N) is 1. The number of rotatable bonds is 0. The largest absolute Gasteiger partial charge is 0.306 e. The van der Waals surface area contributed by atoms with Gasteiger partial charge in [0.25, 0.3) is 0 Å². The highest BCUT2D eigenvalue weighted by Gasteiger charge is 2.32. The predicted octanol–water partition coefficient (Wildman–Crippen LogP) is 10.3. The van der Waals surface area contributed by atoms with Gasteiger partial charge in [0.2, 0.25) is 0 Å². The summed E-state index contributed by atoms with van der Waals surface area (Å²) < 4.78 is 0. The zero-order chi connectivity index (χ0) is 28.1. The number of fused-ring (bicyclic) bond motifs is 2. The first-order valence-electron chi connectivity index (χ1n) is 15.5. The molecule has 1 fully saturated rings. The quantitative estimate of drug-likeness (QED) is 0.336. The van der Waals surface area contributed by atoms with E-state index in [-0.39, 0.29) is 0 Å². The van der Waals surface area contributed by atoms with Gasteiger partial charge in [0, 0.05) is 0 Å². The van der Waals surface area contributed by atoms with Crippen LogP contribution in [-0.4, -0.2) is 25.0 Å². The molecule has 1 saturated heterocycles. The molecule has 0 bridgehead atoms. The van der Waals surface area contributed by atoms with Crippen LogP contribution in [0.3, 0.4) is 0 Å². The first-order valence-corrected chi connectivity index (χ1v) is 15.5. The maximum Gasteiger partial charge on any atom is -0.00189 e. The van der Waals surface area contributed by atoms with Crippen molar-refractivity contribution >= 4 is 0 Å². The van der Waals surface area contributed by atoms with Crippen molar-refractivity contribution in [3.05, 3.63) is 70.8 Å². The number of benzene rings is 2. The Bertz CT molecular complexity index is 988. The molecule has 0 spiro atoms. The molecule has 0 aromatic heterocycles. The molecule has 0 amide bonds. The van der Waals surface area contributed by atoms with Crippen molar-refractivity contribution < 1.29 is 0 Å². The molecule has 1 aliphatic heterocycles. The van der Waals surface area contributed by atoms with E-state index in [1.807, 2.05) is 0 Å². The van der Waals surface area contributed by atoms with E-state index in [0.29, 0.717) is 16.2 Å². The SMILES string of the molecule is CC(C)(C)C1CCCc2ccccc21.CC(C)(C)C1CCc2ccccc21.CN1CCC(C(C)(C)C)CC1. The monoisotopic (exact) mass is 517 g/mol. The maximum absolute atomic E-state index is 2.43. The first kappa shape index (κ1) is 30.9. The molecule has 0 N–H and O–H groups in total. The topological polar surface area (TPSA) is 3.24 Å². The predicted molar refractivity (Wildman–Crippen MR) is 168 cm³/mol. The van der Waals surface area contributed by atoms with Gasteiger partial charge in [-0.15, -0.1) is 0 Å². The van der Waals surface area contributed by atoms with Gasteiger partial charge in [-0.05, 0) is 121 Å². The third-order valence-electron chi connectivity index (χ3n) is 9.54. The molecule has 2 aromatic carbocycles. The summed E-state index contributed by atoms with van der Waals surface area (Å²) in [6, 6.07) is 17.9. The molecule has 1 heterocycles. The van der Waals surface area contributed by atoms with E-state index in [0.717, 1.165) is 17.8 Å². The second-order valence-electron chi connectivity index (χ2n) is 15.6. The van der Waals surface area contributed by atoms with Gasteiger partial charge in [0.15, 0.2) is 0 Å². The number of hydrogen-bond acceptors (Lipinski definition) is 1. The summed E-state index contributed by atoms with van der Waals surface area (Å²) in [5, 5.41) is 0. The number of likely N-dealkylation sites (tertiary alicyclic amines) is 1. The van der Waals surface area contributed by atoms with Crippen molar-refractivity contribution in [3.63, 3.8) is 0 Å². The lowest BCUT2D eigenvalue weighted by Crippen LogP contribution is -2.35. The molecule has 2 unspecified atom stereocenters. The Hall–Kier alpha value is -1.60. The van der Waals surface area contributed by atoms with E-state index >= 15 is 0 Å². The second kappa shape index (κ2) is 12.7. The Balaban J connectivity index is 0.000000159. The summed E-state index contributed by atoms with van der Waals surface area (Å²) in [6.45, 7) is 23.8. The van der Waals surface area contributed by atoms with E-state index in [1.165, 1.54) is 58.0 Å². The minimum absolute atomic E-state index is 0.413. The second-order valence-corrected chi connectivity index (χ2v) is 15.6. The van der Waals surface area contributed by atoms with Crippen LogP contribution < -0.4 is 0 Å². The van der Waals surface area contributed by atoms with Gasteiger partial charge in [0.1, 0.15) is 0 Å².